The number of hydrogen-bond acceptors (Lipinski definition) is 10. The second kappa shape index (κ2) is 16.3. The third-order valence-corrected chi connectivity index (χ3v) is 8.12. The molecule has 0 radical (unpaired) electrons. The fourth-order valence-electron chi connectivity index (χ4n) is 4.91. The molecule has 0 heterocycles. The van der Waals surface area contributed by atoms with Crippen LogP contribution in [0.3, 0.4) is 0 Å². The molecule has 4 amide bonds. The predicted molar refractivity (Wildman–Crippen MR) is 193 cm³/mol. The van der Waals surface area contributed by atoms with Gasteiger partial charge in [-0.05, 0) is 79.6 Å². The lowest BCUT2D eigenvalue weighted by molar-refractivity contribution is -0.117. The highest BCUT2D eigenvalue weighted by molar-refractivity contribution is 6.13. The highest BCUT2D eigenvalue weighted by Crippen LogP contribution is 2.33. The number of ether oxygens (including phenoxy) is 2. The van der Waals surface area contributed by atoms with Gasteiger partial charge in [-0.1, -0.05) is 57.3 Å². The minimum absolute atomic E-state index is 0.0130. The molecule has 0 spiro atoms. The van der Waals surface area contributed by atoms with Crippen LogP contribution in [0.25, 0.3) is 0 Å². The van der Waals surface area contributed by atoms with Gasteiger partial charge in [-0.2, -0.15) is 0 Å². The van der Waals surface area contributed by atoms with Crippen LogP contribution >= 0.6 is 0 Å². The molecule has 0 aliphatic heterocycles. The number of imide groups is 2. The summed E-state index contributed by atoms with van der Waals surface area (Å²) >= 11 is 0. The first-order chi connectivity index (χ1) is 25.0. The van der Waals surface area contributed by atoms with E-state index in [2.05, 4.69) is 23.8 Å². The molecule has 12 nitrogen and oxygen atoms in total. The van der Waals surface area contributed by atoms with E-state index in [9.17, 15) is 38.4 Å². The maximum atomic E-state index is 12.9. The van der Waals surface area contributed by atoms with Crippen molar-refractivity contribution < 1.29 is 47.8 Å². The normalized spacial score (nSPS) is 10.6. The monoisotopic (exact) mass is 714 g/mol. The van der Waals surface area contributed by atoms with E-state index < -0.39 is 41.0 Å². The summed E-state index contributed by atoms with van der Waals surface area (Å²) in [5.41, 5.74) is 0.951. The van der Waals surface area contributed by atoms with Gasteiger partial charge in [0.2, 0.25) is 0 Å². The summed E-state index contributed by atoms with van der Waals surface area (Å²) in [6.45, 7) is 13.7. The molecule has 4 aromatic rings. The molecule has 0 saturated carbocycles. The molecule has 0 fully saturated rings. The Morgan fingerprint density at radius 2 is 0.981 bits per heavy atom. The number of benzene rings is 4. The van der Waals surface area contributed by atoms with Gasteiger partial charge >= 0.3 is 11.9 Å². The molecule has 268 valence electrons. The Morgan fingerprint density at radius 3 is 1.42 bits per heavy atom. The first-order valence-electron chi connectivity index (χ1n) is 15.9. The minimum Gasteiger partial charge on any atom is -0.423 e. The first-order valence-corrected chi connectivity index (χ1v) is 15.9. The molecule has 53 heavy (non-hydrogen) atoms. The van der Waals surface area contributed by atoms with Crippen LogP contribution in [0.2, 0.25) is 0 Å². The van der Waals surface area contributed by atoms with Gasteiger partial charge in [-0.15, -0.1) is 0 Å². The Hall–Kier alpha value is -7.08. The van der Waals surface area contributed by atoms with Crippen LogP contribution in [-0.4, -0.2) is 48.1 Å². The van der Waals surface area contributed by atoms with Crippen LogP contribution in [-0.2, 0) is 15.0 Å². The average Bonchev–Trinajstić information content (AvgIpc) is 3.14. The predicted octanol–water partition coefficient (Wildman–Crippen LogP) is 5.74. The summed E-state index contributed by atoms with van der Waals surface area (Å²) in [5, 5.41) is 4.23. The van der Waals surface area contributed by atoms with Crippen molar-refractivity contribution in [2.75, 3.05) is 0 Å². The molecular formula is C41H34N2O10. The lowest BCUT2D eigenvalue weighted by Crippen LogP contribution is -2.31. The van der Waals surface area contributed by atoms with Gasteiger partial charge in [-0.3, -0.25) is 39.4 Å². The number of rotatable bonds is 12. The van der Waals surface area contributed by atoms with Crippen molar-refractivity contribution in [3.63, 3.8) is 0 Å². The van der Waals surface area contributed by atoms with Crippen molar-refractivity contribution in [3.05, 3.63) is 154 Å². The molecule has 0 aromatic heterocycles. The molecule has 12 heteroatoms. The summed E-state index contributed by atoms with van der Waals surface area (Å²) in [6.07, 6.45) is 0.831. The molecule has 4 aromatic carbocycles. The molecular weight excluding hydrogens is 680 g/mol. The molecule has 0 saturated heterocycles. The summed E-state index contributed by atoms with van der Waals surface area (Å²) in [4.78, 5) is 97.7. The minimum atomic E-state index is -0.867. The maximum absolute atomic E-state index is 12.9. The Bertz CT molecular complexity index is 2200. The first kappa shape index (κ1) is 38.7. The largest absolute Gasteiger partial charge is 0.423 e. The van der Waals surface area contributed by atoms with Gasteiger partial charge in [-0.25, -0.2) is 9.59 Å². The fourth-order valence-corrected chi connectivity index (χ4v) is 4.91. The smallest absolute Gasteiger partial charge is 0.343 e. The summed E-state index contributed by atoms with van der Waals surface area (Å²) in [7, 11) is 0. The van der Waals surface area contributed by atoms with Crippen molar-refractivity contribution in [1.29, 1.82) is 0 Å². The number of aldehydes is 2. The highest BCUT2D eigenvalue weighted by Gasteiger charge is 2.25. The lowest BCUT2D eigenvalue weighted by Gasteiger charge is -2.26. The fraction of sp³-hybridized carbons (Fsp3) is 0.122. The molecule has 0 bridgehead atoms. The standard InChI is InChI=1S/C41H34N2O10/c1-23(2)35(46)42-37(48)33-18-9-25(19-28(33)22-45)39(50)52-31-14-10-29(11-15-31)41(5,6)30-12-16-32(17-13-30)53-40(51)26-7-8-27(21-44)34(20-26)38(49)43-36(47)24(3)4/h7-22H,1,3H2,2,4-6H3,(H,42,46,48)(H,43,47,49). The van der Waals surface area contributed by atoms with E-state index in [0.717, 1.165) is 11.1 Å². The zero-order valence-electron chi connectivity index (χ0n) is 29.2. The van der Waals surface area contributed by atoms with Crippen LogP contribution in [0.4, 0.5) is 0 Å². The number of hydrogen-bond donors (Lipinski definition) is 2. The summed E-state index contributed by atoms with van der Waals surface area (Å²) in [5.74, 6) is -4.22. The van der Waals surface area contributed by atoms with Gasteiger partial charge < -0.3 is 9.47 Å². The second-order valence-corrected chi connectivity index (χ2v) is 12.4. The van der Waals surface area contributed by atoms with Crippen LogP contribution in [0.1, 0.15) is 101 Å². The zero-order valence-corrected chi connectivity index (χ0v) is 29.2. The molecule has 4 rings (SSSR count). The van der Waals surface area contributed by atoms with Gasteiger partial charge in [0.1, 0.15) is 11.5 Å². The van der Waals surface area contributed by atoms with Crippen LogP contribution in [0.15, 0.2) is 109 Å². The topological polar surface area (TPSA) is 179 Å². The van der Waals surface area contributed by atoms with Gasteiger partial charge in [0.25, 0.3) is 23.6 Å². The number of carbonyl (C=O) groups is 8. The van der Waals surface area contributed by atoms with E-state index >= 15 is 0 Å². The summed E-state index contributed by atoms with van der Waals surface area (Å²) in [6, 6.07) is 21.1. The quantitative estimate of drug-likeness (QED) is 0.0796. The van der Waals surface area contributed by atoms with Crippen LogP contribution in [0, 0.1) is 0 Å². The van der Waals surface area contributed by atoms with Gasteiger partial charge in [0.15, 0.2) is 12.6 Å². The molecule has 0 unspecified atom stereocenters. The van der Waals surface area contributed by atoms with Crippen LogP contribution in [0.5, 0.6) is 11.5 Å². The molecule has 0 aliphatic carbocycles. The van der Waals surface area contributed by atoms with E-state index in [-0.39, 0.29) is 56.0 Å². The highest BCUT2D eigenvalue weighted by atomic mass is 16.5. The number of amides is 4. The Kier molecular flexibility index (Phi) is 11.9. The van der Waals surface area contributed by atoms with E-state index in [1.54, 1.807) is 48.5 Å². The third kappa shape index (κ3) is 9.18. The SMILES string of the molecule is C=C(C)C(=O)NC(=O)c1ccc(C(=O)Oc2ccc(C(C)(C)c3ccc(OC(=O)c4ccc(C=O)c(C(=O)NC(=O)C(=C)C)c4)cc3)cc2)cc1C=O. The zero-order chi connectivity index (χ0) is 39.0. The Labute approximate surface area is 304 Å². The van der Waals surface area contributed by atoms with E-state index in [4.69, 9.17) is 9.47 Å². The van der Waals surface area contributed by atoms with E-state index in [0.29, 0.717) is 12.6 Å². The third-order valence-electron chi connectivity index (χ3n) is 8.12. The Morgan fingerprint density at radius 1 is 0.566 bits per heavy atom. The second-order valence-electron chi connectivity index (χ2n) is 12.4. The van der Waals surface area contributed by atoms with Crippen LogP contribution < -0.4 is 20.1 Å². The average molecular weight is 715 g/mol. The van der Waals surface area contributed by atoms with Gasteiger partial charge in [0, 0.05) is 27.7 Å². The number of nitrogens with one attached hydrogen (secondary N) is 2. The van der Waals surface area contributed by atoms with Gasteiger partial charge in [0.05, 0.1) is 22.3 Å². The van der Waals surface area contributed by atoms with Crippen molar-refractivity contribution in [2.24, 2.45) is 0 Å². The lowest BCUT2D eigenvalue weighted by atomic mass is 9.78. The van der Waals surface area contributed by atoms with E-state index in [1.807, 2.05) is 13.8 Å². The van der Waals surface area contributed by atoms with Crippen molar-refractivity contribution >= 4 is 48.1 Å². The molecule has 0 aliphatic rings. The maximum Gasteiger partial charge on any atom is 0.343 e. The molecule has 0 atom stereocenters. The molecule has 2 N–H and O–H groups in total. The number of carbonyl (C=O) groups excluding carboxylic acids is 8. The van der Waals surface area contributed by atoms with Crippen molar-refractivity contribution in [2.45, 2.75) is 33.1 Å². The summed E-state index contributed by atoms with van der Waals surface area (Å²) < 4.78 is 11.0. The van der Waals surface area contributed by atoms with Crippen molar-refractivity contribution in [1.82, 2.24) is 10.6 Å². The number of esters is 2. The van der Waals surface area contributed by atoms with E-state index in [1.165, 1.54) is 50.2 Å². The Balaban J connectivity index is 1.43. The van der Waals surface area contributed by atoms with Crippen molar-refractivity contribution in [3.8, 4) is 11.5 Å².